The van der Waals surface area contributed by atoms with Gasteiger partial charge in [-0.2, -0.15) is 0 Å². The second-order valence-corrected chi connectivity index (χ2v) is 8.31. The van der Waals surface area contributed by atoms with Gasteiger partial charge in [-0.1, -0.05) is 60.3 Å². The minimum atomic E-state index is -1.84. The summed E-state index contributed by atoms with van der Waals surface area (Å²) in [5.74, 6) is -1.25. The van der Waals surface area contributed by atoms with E-state index in [2.05, 4.69) is 0 Å². The number of hydrogen-bond donors (Lipinski definition) is 1. The number of halogens is 2. The molecule has 0 spiro atoms. The lowest BCUT2D eigenvalue weighted by molar-refractivity contribution is -0.150. The molecular formula is C22H21Cl2NO3. The maximum atomic E-state index is 13.5. The Labute approximate surface area is 174 Å². The molecule has 2 atom stereocenters. The molecule has 2 aliphatic rings. The van der Waals surface area contributed by atoms with Crippen molar-refractivity contribution in [2.75, 3.05) is 4.90 Å². The highest BCUT2D eigenvalue weighted by molar-refractivity contribution is 6.36. The Hall–Kier alpha value is -1.88. The van der Waals surface area contributed by atoms with Gasteiger partial charge in [-0.3, -0.25) is 9.59 Å². The number of ketones is 1. The molecule has 0 aromatic heterocycles. The lowest BCUT2D eigenvalue weighted by atomic mass is 9.77. The van der Waals surface area contributed by atoms with Crippen molar-refractivity contribution in [3.05, 3.63) is 63.6 Å². The van der Waals surface area contributed by atoms with Gasteiger partial charge >= 0.3 is 0 Å². The summed E-state index contributed by atoms with van der Waals surface area (Å²) in [6, 6.07) is 12.3. The summed E-state index contributed by atoms with van der Waals surface area (Å²) in [5.41, 5.74) is -0.136. The van der Waals surface area contributed by atoms with Crippen LogP contribution in [0.15, 0.2) is 42.5 Å². The number of fused-ring (bicyclic) bond motifs is 1. The van der Waals surface area contributed by atoms with E-state index in [-0.39, 0.29) is 12.3 Å². The number of benzene rings is 2. The van der Waals surface area contributed by atoms with E-state index in [9.17, 15) is 14.7 Å². The summed E-state index contributed by atoms with van der Waals surface area (Å²) >= 11 is 12.6. The quantitative estimate of drug-likeness (QED) is 0.724. The molecule has 146 valence electrons. The first-order chi connectivity index (χ1) is 13.4. The number of carbonyl (C=O) groups is 2. The maximum Gasteiger partial charge on any atom is 0.264 e. The second kappa shape index (κ2) is 7.51. The molecule has 4 nitrogen and oxygen atoms in total. The van der Waals surface area contributed by atoms with Gasteiger partial charge in [-0.15, -0.1) is 0 Å². The van der Waals surface area contributed by atoms with E-state index >= 15 is 0 Å². The van der Waals surface area contributed by atoms with Crippen molar-refractivity contribution in [3.8, 4) is 0 Å². The van der Waals surface area contributed by atoms with Crippen LogP contribution in [-0.4, -0.2) is 16.8 Å². The van der Waals surface area contributed by atoms with Crippen LogP contribution < -0.4 is 4.90 Å². The van der Waals surface area contributed by atoms with Crippen LogP contribution in [0.25, 0.3) is 0 Å². The number of nitrogens with zero attached hydrogens (tertiary/aromatic N) is 1. The van der Waals surface area contributed by atoms with Crippen LogP contribution in [0.5, 0.6) is 0 Å². The third-order valence-electron chi connectivity index (χ3n) is 5.86. The topological polar surface area (TPSA) is 57.6 Å². The third-order valence-corrected chi connectivity index (χ3v) is 6.57. The molecule has 1 aliphatic heterocycles. The molecule has 1 heterocycles. The summed E-state index contributed by atoms with van der Waals surface area (Å²) in [4.78, 5) is 27.8. The molecule has 28 heavy (non-hydrogen) atoms. The van der Waals surface area contributed by atoms with Crippen molar-refractivity contribution < 1.29 is 14.7 Å². The Bertz CT molecular complexity index is 925. The number of amides is 1. The molecule has 0 bridgehead atoms. The van der Waals surface area contributed by atoms with Gasteiger partial charge in [0.1, 0.15) is 5.78 Å². The van der Waals surface area contributed by atoms with Crippen LogP contribution in [0.2, 0.25) is 10.0 Å². The average Bonchev–Trinajstić information content (AvgIpc) is 2.82. The Balaban J connectivity index is 1.79. The Morgan fingerprint density at radius 3 is 2.46 bits per heavy atom. The molecule has 2 aromatic rings. The molecule has 4 rings (SSSR count). The van der Waals surface area contributed by atoms with Crippen LogP contribution in [0.4, 0.5) is 5.69 Å². The molecule has 1 amide bonds. The van der Waals surface area contributed by atoms with Crippen LogP contribution in [-0.2, 0) is 21.7 Å². The van der Waals surface area contributed by atoms with Crippen molar-refractivity contribution in [2.45, 2.75) is 44.2 Å². The van der Waals surface area contributed by atoms with E-state index < -0.39 is 17.4 Å². The zero-order chi connectivity index (χ0) is 19.9. The number of anilines is 1. The molecule has 0 radical (unpaired) electrons. The summed E-state index contributed by atoms with van der Waals surface area (Å²) in [7, 11) is 0. The van der Waals surface area contributed by atoms with E-state index in [4.69, 9.17) is 23.2 Å². The zero-order valence-corrected chi connectivity index (χ0v) is 16.8. The minimum Gasteiger partial charge on any atom is -0.375 e. The van der Waals surface area contributed by atoms with Gasteiger partial charge in [-0.25, -0.2) is 0 Å². The van der Waals surface area contributed by atoms with Crippen LogP contribution in [0.3, 0.4) is 0 Å². The smallest absolute Gasteiger partial charge is 0.264 e. The number of aliphatic hydroxyl groups is 1. The number of carbonyl (C=O) groups excluding carboxylic acids is 2. The number of Topliss-reactive ketones (excluding diaryl/α,β-unsaturated/α-hetero) is 1. The first-order valence-electron chi connectivity index (χ1n) is 9.54. The molecule has 6 heteroatoms. The van der Waals surface area contributed by atoms with Gasteiger partial charge in [0.15, 0.2) is 5.60 Å². The highest BCUT2D eigenvalue weighted by Crippen LogP contribution is 2.48. The first-order valence-corrected chi connectivity index (χ1v) is 10.3. The van der Waals surface area contributed by atoms with Crippen molar-refractivity contribution in [1.29, 1.82) is 0 Å². The van der Waals surface area contributed by atoms with Crippen LogP contribution in [0.1, 0.15) is 43.2 Å². The van der Waals surface area contributed by atoms with Crippen molar-refractivity contribution in [1.82, 2.24) is 0 Å². The fraction of sp³-hybridized carbons (Fsp3) is 0.364. The fourth-order valence-electron chi connectivity index (χ4n) is 4.40. The van der Waals surface area contributed by atoms with E-state index in [1.54, 1.807) is 36.4 Å². The van der Waals surface area contributed by atoms with E-state index in [1.807, 2.05) is 6.07 Å². The normalized spacial score (nSPS) is 25.0. The molecule has 0 saturated heterocycles. The SMILES string of the molecule is O=C1CCCCC[C@H]1[C@]1(O)C(=O)N(Cc2c(Cl)cccc2Cl)c2ccccc21. The van der Waals surface area contributed by atoms with E-state index in [0.717, 1.165) is 19.3 Å². The van der Waals surface area contributed by atoms with Crippen molar-refractivity contribution >= 4 is 40.6 Å². The van der Waals surface area contributed by atoms with Crippen LogP contribution in [0, 0.1) is 5.92 Å². The second-order valence-electron chi connectivity index (χ2n) is 7.49. The average molecular weight is 418 g/mol. The van der Waals surface area contributed by atoms with Gasteiger partial charge in [0.25, 0.3) is 5.91 Å². The molecule has 1 saturated carbocycles. The Morgan fingerprint density at radius 2 is 1.71 bits per heavy atom. The largest absolute Gasteiger partial charge is 0.375 e. The van der Waals surface area contributed by atoms with Gasteiger partial charge in [0.2, 0.25) is 0 Å². The van der Waals surface area contributed by atoms with E-state index in [1.165, 1.54) is 4.90 Å². The Kier molecular flexibility index (Phi) is 5.21. The first kappa shape index (κ1) is 19.4. The van der Waals surface area contributed by atoms with Crippen molar-refractivity contribution in [2.24, 2.45) is 5.92 Å². The zero-order valence-electron chi connectivity index (χ0n) is 15.3. The van der Waals surface area contributed by atoms with Gasteiger partial charge < -0.3 is 10.0 Å². The molecule has 0 unspecified atom stereocenters. The lowest BCUT2D eigenvalue weighted by Crippen LogP contribution is -2.48. The summed E-state index contributed by atoms with van der Waals surface area (Å²) in [6.45, 7) is 0.136. The number of hydrogen-bond acceptors (Lipinski definition) is 3. The van der Waals surface area contributed by atoms with Crippen LogP contribution >= 0.6 is 23.2 Å². The van der Waals surface area contributed by atoms with E-state index in [0.29, 0.717) is 39.7 Å². The predicted octanol–water partition coefficient (Wildman–Crippen LogP) is 4.88. The standard InChI is InChI=1S/C22H21Cl2NO3/c23-17-9-6-10-18(24)14(17)13-25-19-11-5-4-7-15(19)22(28,21(25)27)16-8-2-1-3-12-20(16)26/h4-7,9-11,16,28H,1-3,8,12-13H2/t16-,22+/m1/s1. The monoisotopic (exact) mass is 417 g/mol. The molecule has 1 aliphatic carbocycles. The summed E-state index contributed by atoms with van der Waals surface area (Å²) in [5, 5.41) is 12.6. The highest BCUT2D eigenvalue weighted by atomic mass is 35.5. The molecule has 1 fully saturated rings. The Morgan fingerprint density at radius 1 is 1.00 bits per heavy atom. The predicted molar refractivity (Wildman–Crippen MR) is 110 cm³/mol. The van der Waals surface area contributed by atoms with Crippen molar-refractivity contribution in [3.63, 3.8) is 0 Å². The lowest BCUT2D eigenvalue weighted by Gasteiger charge is -2.30. The summed E-state index contributed by atoms with van der Waals surface area (Å²) in [6.07, 6.45) is 3.48. The number of rotatable bonds is 3. The van der Waals surface area contributed by atoms with Gasteiger partial charge in [0.05, 0.1) is 18.2 Å². The molecule has 1 N–H and O–H groups in total. The third kappa shape index (κ3) is 3.04. The number of para-hydroxylation sites is 1. The fourth-order valence-corrected chi connectivity index (χ4v) is 4.92. The molecule has 2 aromatic carbocycles. The summed E-state index contributed by atoms with van der Waals surface area (Å²) < 4.78 is 0. The maximum absolute atomic E-state index is 13.5. The van der Waals surface area contributed by atoms with Gasteiger partial charge in [0, 0.05) is 27.6 Å². The van der Waals surface area contributed by atoms with Gasteiger partial charge in [-0.05, 0) is 31.0 Å². The molecular weight excluding hydrogens is 397 g/mol. The highest BCUT2D eigenvalue weighted by Gasteiger charge is 2.56. The minimum absolute atomic E-state index is 0.0409.